The zero-order chi connectivity index (χ0) is 21.9. The van der Waals surface area contributed by atoms with Crippen molar-refractivity contribution in [2.75, 3.05) is 26.2 Å². The summed E-state index contributed by atoms with van der Waals surface area (Å²) in [6.07, 6.45) is 7.55. The smallest absolute Gasteiger partial charge is 0.289 e. The number of tetrazole rings is 1. The molecule has 1 amide bonds. The first kappa shape index (κ1) is 20.9. The van der Waals surface area contributed by atoms with E-state index >= 15 is 0 Å². The number of carbonyl (C=O) groups excluding carboxylic acids is 1. The number of aryl methyl sites for hydroxylation is 1. The molecule has 2 fully saturated rings. The van der Waals surface area contributed by atoms with Crippen molar-refractivity contribution in [3.8, 4) is 0 Å². The molecule has 8 nitrogen and oxygen atoms in total. The Balaban J connectivity index is 1.40. The third kappa shape index (κ3) is 4.19. The predicted molar refractivity (Wildman–Crippen MR) is 119 cm³/mol. The summed E-state index contributed by atoms with van der Waals surface area (Å²) >= 11 is 0. The van der Waals surface area contributed by atoms with Gasteiger partial charge in [-0.2, -0.15) is 0 Å². The molecule has 32 heavy (non-hydrogen) atoms. The van der Waals surface area contributed by atoms with Crippen molar-refractivity contribution in [2.45, 2.75) is 51.1 Å². The molecule has 168 valence electrons. The highest BCUT2D eigenvalue weighted by Crippen LogP contribution is 2.33. The van der Waals surface area contributed by atoms with Gasteiger partial charge in [-0.25, -0.2) is 4.68 Å². The number of nitrogens with zero attached hydrogens (tertiary/aromatic N) is 6. The normalized spacial score (nSPS) is 19.2. The average molecular weight is 435 g/mol. The molecule has 3 aromatic rings. The van der Waals surface area contributed by atoms with E-state index in [1.165, 1.54) is 30.4 Å². The van der Waals surface area contributed by atoms with Gasteiger partial charge in [0.05, 0.1) is 18.3 Å². The molecule has 2 aromatic heterocycles. The number of hydrogen-bond donors (Lipinski definition) is 0. The molecule has 0 spiro atoms. The van der Waals surface area contributed by atoms with Gasteiger partial charge in [0.2, 0.25) is 0 Å². The molecule has 1 saturated carbocycles. The van der Waals surface area contributed by atoms with E-state index in [9.17, 15) is 4.79 Å². The van der Waals surface area contributed by atoms with E-state index < -0.39 is 0 Å². The summed E-state index contributed by atoms with van der Waals surface area (Å²) in [6.45, 7) is 4.90. The van der Waals surface area contributed by atoms with E-state index in [4.69, 9.17) is 4.42 Å². The first-order chi connectivity index (χ1) is 15.7. The van der Waals surface area contributed by atoms with Crippen LogP contribution in [-0.4, -0.2) is 62.1 Å². The Hall–Kier alpha value is -3.00. The second-order valence-electron chi connectivity index (χ2n) is 8.89. The lowest BCUT2D eigenvalue weighted by molar-refractivity contribution is 0.0557. The van der Waals surface area contributed by atoms with Crippen molar-refractivity contribution in [3.63, 3.8) is 0 Å². The number of rotatable bonds is 5. The number of piperazine rings is 1. The van der Waals surface area contributed by atoms with Gasteiger partial charge in [0.25, 0.3) is 5.91 Å². The Bertz CT molecular complexity index is 1020. The van der Waals surface area contributed by atoms with Crippen LogP contribution < -0.4 is 0 Å². The maximum atomic E-state index is 12.7. The number of amides is 1. The molecule has 1 saturated heterocycles. The van der Waals surface area contributed by atoms with Gasteiger partial charge in [-0.1, -0.05) is 49.1 Å². The quantitative estimate of drug-likeness (QED) is 0.610. The molecule has 5 rings (SSSR count). The van der Waals surface area contributed by atoms with Crippen LogP contribution in [-0.2, 0) is 0 Å². The molecule has 8 heteroatoms. The number of hydrogen-bond acceptors (Lipinski definition) is 6. The summed E-state index contributed by atoms with van der Waals surface area (Å²) in [4.78, 5) is 17.0. The maximum absolute atomic E-state index is 12.7. The Kier molecular flexibility index (Phi) is 6.03. The van der Waals surface area contributed by atoms with Gasteiger partial charge in [-0.3, -0.25) is 9.69 Å². The fourth-order valence-corrected chi connectivity index (χ4v) is 4.98. The third-order valence-electron chi connectivity index (χ3n) is 6.78. The van der Waals surface area contributed by atoms with Gasteiger partial charge in [0, 0.05) is 26.2 Å². The molecule has 0 unspecified atom stereocenters. The van der Waals surface area contributed by atoms with Gasteiger partial charge in [0.1, 0.15) is 0 Å². The molecular formula is C24H30N6O2. The summed E-state index contributed by atoms with van der Waals surface area (Å²) in [7, 11) is 0. The Labute approximate surface area is 188 Å². The van der Waals surface area contributed by atoms with Crippen LogP contribution in [0.1, 0.15) is 71.7 Å². The second-order valence-corrected chi connectivity index (χ2v) is 8.89. The minimum absolute atomic E-state index is 0.0339. The van der Waals surface area contributed by atoms with Crippen molar-refractivity contribution in [1.82, 2.24) is 30.0 Å². The minimum atomic E-state index is -0.0476. The number of furan rings is 1. The molecule has 0 bridgehead atoms. The first-order valence-electron chi connectivity index (χ1n) is 11.6. The van der Waals surface area contributed by atoms with E-state index in [0.717, 1.165) is 31.8 Å². The molecule has 3 heterocycles. The van der Waals surface area contributed by atoms with E-state index in [-0.39, 0.29) is 11.9 Å². The van der Waals surface area contributed by atoms with Crippen LogP contribution in [0.3, 0.4) is 0 Å². The van der Waals surface area contributed by atoms with Crippen molar-refractivity contribution < 1.29 is 9.21 Å². The monoisotopic (exact) mass is 434 g/mol. The highest BCUT2D eigenvalue weighted by Gasteiger charge is 2.34. The Morgan fingerprint density at radius 2 is 1.78 bits per heavy atom. The van der Waals surface area contributed by atoms with Crippen molar-refractivity contribution in [2.24, 2.45) is 0 Å². The molecule has 1 aliphatic heterocycles. The predicted octanol–water partition coefficient (Wildman–Crippen LogP) is 3.63. The number of carbonyl (C=O) groups is 1. The molecule has 0 N–H and O–H groups in total. The fourth-order valence-electron chi connectivity index (χ4n) is 4.98. The second kappa shape index (κ2) is 9.24. The fraction of sp³-hybridized carbons (Fsp3) is 0.500. The van der Waals surface area contributed by atoms with Crippen LogP contribution in [0.15, 0.2) is 47.1 Å². The topological polar surface area (TPSA) is 80.3 Å². The highest BCUT2D eigenvalue weighted by atomic mass is 16.3. The Morgan fingerprint density at radius 1 is 1.03 bits per heavy atom. The van der Waals surface area contributed by atoms with Crippen molar-refractivity contribution in [1.29, 1.82) is 0 Å². The van der Waals surface area contributed by atoms with Crippen LogP contribution in [0, 0.1) is 6.92 Å². The van der Waals surface area contributed by atoms with Crippen LogP contribution in [0.5, 0.6) is 0 Å². The average Bonchev–Trinajstić information content (AvgIpc) is 3.54. The van der Waals surface area contributed by atoms with E-state index in [2.05, 4.69) is 56.3 Å². The number of aromatic nitrogens is 4. The third-order valence-corrected chi connectivity index (χ3v) is 6.78. The zero-order valence-corrected chi connectivity index (χ0v) is 18.6. The lowest BCUT2D eigenvalue weighted by atomic mass is 9.95. The summed E-state index contributed by atoms with van der Waals surface area (Å²) in [5.41, 5.74) is 2.42. The lowest BCUT2D eigenvalue weighted by Crippen LogP contribution is -2.50. The molecule has 2 aliphatic rings. The molecular weight excluding hydrogens is 404 g/mol. The SMILES string of the molecule is Cc1ccc([C@H](c2nnnn2C2CCCCC2)N2CCN(C(=O)c3ccco3)CC2)cc1. The molecule has 0 radical (unpaired) electrons. The summed E-state index contributed by atoms with van der Waals surface area (Å²) in [6, 6.07) is 12.5. The largest absolute Gasteiger partial charge is 0.459 e. The van der Waals surface area contributed by atoms with E-state index in [1.807, 2.05) is 4.90 Å². The van der Waals surface area contributed by atoms with Crippen LogP contribution >= 0.6 is 0 Å². The Morgan fingerprint density at radius 3 is 2.47 bits per heavy atom. The number of benzene rings is 1. The zero-order valence-electron chi connectivity index (χ0n) is 18.6. The van der Waals surface area contributed by atoms with Crippen LogP contribution in [0.4, 0.5) is 0 Å². The molecule has 1 aromatic carbocycles. The van der Waals surface area contributed by atoms with E-state index in [1.54, 1.807) is 18.4 Å². The maximum Gasteiger partial charge on any atom is 0.289 e. The minimum Gasteiger partial charge on any atom is -0.459 e. The summed E-state index contributed by atoms with van der Waals surface area (Å²) in [5.74, 6) is 1.26. The van der Waals surface area contributed by atoms with Crippen molar-refractivity contribution in [3.05, 3.63) is 65.4 Å². The van der Waals surface area contributed by atoms with Crippen LogP contribution in [0.2, 0.25) is 0 Å². The van der Waals surface area contributed by atoms with Gasteiger partial charge < -0.3 is 9.32 Å². The van der Waals surface area contributed by atoms with Crippen molar-refractivity contribution >= 4 is 5.91 Å². The van der Waals surface area contributed by atoms with Gasteiger partial charge >= 0.3 is 0 Å². The standard InChI is InChI=1S/C24H30N6O2/c1-18-9-11-19(12-10-18)22(23-25-26-27-30(23)20-6-3-2-4-7-20)28-13-15-29(16-14-28)24(31)21-8-5-17-32-21/h5,8-12,17,20,22H,2-4,6-7,13-16H2,1H3/t22-/m1/s1. The highest BCUT2D eigenvalue weighted by molar-refractivity contribution is 5.91. The van der Waals surface area contributed by atoms with Gasteiger partial charge in [-0.05, 0) is 47.9 Å². The molecule has 1 aliphatic carbocycles. The summed E-state index contributed by atoms with van der Waals surface area (Å²) in [5, 5.41) is 13.0. The first-order valence-corrected chi connectivity index (χ1v) is 11.6. The van der Waals surface area contributed by atoms with Crippen LogP contribution in [0.25, 0.3) is 0 Å². The summed E-state index contributed by atoms with van der Waals surface area (Å²) < 4.78 is 7.38. The van der Waals surface area contributed by atoms with Gasteiger partial charge in [0.15, 0.2) is 11.6 Å². The molecule has 1 atom stereocenters. The van der Waals surface area contributed by atoms with E-state index in [0.29, 0.717) is 24.9 Å². The van der Waals surface area contributed by atoms with Gasteiger partial charge in [-0.15, -0.1) is 5.10 Å². The lowest BCUT2D eigenvalue weighted by Gasteiger charge is -2.39.